The molecule has 1 N–H and O–H groups in total. The maximum Gasteiger partial charge on any atom is 0.282 e. The molecular weight excluding hydrogens is 420 g/mol. The van der Waals surface area contributed by atoms with Gasteiger partial charge in [0.2, 0.25) is 0 Å². The van der Waals surface area contributed by atoms with Gasteiger partial charge in [0, 0.05) is 0 Å². The molecule has 7 heteroatoms. The van der Waals surface area contributed by atoms with E-state index in [9.17, 15) is 9.59 Å². The van der Waals surface area contributed by atoms with Gasteiger partial charge >= 0.3 is 0 Å². The lowest BCUT2D eigenvalue weighted by molar-refractivity contribution is -0.117. The molecule has 1 aliphatic rings. The predicted octanol–water partition coefficient (Wildman–Crippen LogP) is 3.58. The number of ether oxygens (including phenoxy) is 1. The minimum absolute atomic E-state index is 0.00844. The Balaban J connectivity index is 1.92. The van der Waals surface area contributed by atoms with Crippen LogP contribution in [-0.2, 0) is 9.59 Å². The van der Waals surface area contributed by atoms with E-state index in [0.717, 1.165) is 0 Å². The van der Waals surface area contributed by atoms with Gasteiger partial charge in [-0.05, 0) is 51.8 Å². The van der Waals surface area contributed by atoms with Gasteiger partial charge in [0.25, 0.3) is 11.8 Å². The Kier molecular flexibility index (Phi) is 5.31. The minimum atomic E-state index is -0.487. The van der Waals surface area contributed by atoms with E-state index in [1.165, 1.54) is 11.1 Å². The lowest BCUT2D eigenvalue weighted by atomic mass is 10.1. The number of anilines is 1. The third kappa shape index (κ3) is 3.59. The first-order valence-electron chi connectivity index (χ1n) is 7.48. The van der Waals surface area contributed by atoms with Crippen LogP contribution in [0.25, 0.3) is 6.08 Å². The van der Waals surface area contributed by atoms with E-state index in [0.29, 0.717) is 26.5 Å². The number of hydrazine groups is 1. The summed E-state index contributed by atoms with van der Waals surface area (Å²) < 4.78 is 5.94. The van der Waals surface area contributed by atoms with Gasteiger partial charge in [0.1, 0.15) is 12.2 Å². The Bertz CT molecular complexity index is 928. The van der Waals surface area contributed by atoms with Crippen LogP contribution in [0.4, 0.5) is 5.69 Å². The average Bonchev–Trinajstić information content (AvgIpc) is 2.90. The molecular formula is C19H12BrClN2O3. The number of nitrogens with zero attached hydrogens (tertiary/aromatic N) is 1. The second kappa shape index (κ2) is 7.65. The van der Waals surface area contributed by atoms with Crippen LogP contribution in [0.1, 0.15) is 5.56 Å². The molecule has 1 aliphatic heterocycles. The number of halogens is 2. The molecule has 1 fully saturated rings. The lowest BCUT2D eigenvalue weighted by Gasteiger charge is -2.13. The first kappa shape index (κ1) is 18.1. The SMILES string of the molecule is C#CCOc1c(Cl)cc(C=C2C(=O)NN(c3ccccc3)C2=O)cc1Br. The summed E-state index contributed by atoms with van der Waals surface area (Å²) in [6.45, 7) is 0.0751. The molecule has 1 saturated heterocycles. The maximum absolute atomic E-state index is 12.6. The van der Waals surface area contributed by atoms with Gasteiger partial charge in [-0.15, -0.1) is 6.42 Å². The van der Waals surface area contributed by atoms with Crippen molar-refractivity contribution < 1.29 is 14.3 Å². The van der Waals surface area contributed by atoms with Crippen LogP contribution < -0.4 is 15.2 Å². The van der Waals surface area contributed by atoms with E-state index in [2.05, 4.69) is 27.3 Å². The van der Waals surface area contributed by atoms with Crippen molar-refractivity contribution in [2.24, 2.45) is 0 Å². The minimum Gasteiger partial charge on any atom is -0.478 e. The fourth-order valence-electron chi connectivity index (χ4n) is 2.40. The van der Waals surface area contributed by atoms with Crippen LogP contribution in [0.3, 0.4) is 0 Å². The molecule has 0 bridgehead atoms. The Morgan fingerprint density at radius 3 is 2.65 bits per heavy atom. The van der Waals surface area contributed by atoms with Crippen molar-refractivity contribution in [3.8, 4) is 18.1 Å². The monoisotopic (exact) mass is 430 g/mol. The highest BCUT2D eigenvalue weighted by atomic mass is 79.9. The highest BCUT2D eigenvalue weighted by molar-refractivity contribution is 9.10. The zero-order valence-electron chi connectivity index (χ0n) is 13.3. The molecule has 5 nitrogen and oxygen atoms in total. The van der Waals surface area contributed by atoms with Crippen LogP contribution >= 0.6 is 27.5 Å². The number of carbonyl (C=O) groups is 2. The van der Waals surface area contributed by atoms with E-state index >= 15 is 0 Å². The molecule has 0 saturated carbocycles. The molecule has 0 radical (unpaired) electrons. The van der Waals surface area contributed by atoms with E-state index in [1.807, 2.05) is 6.07 Å². The Labute approximate surface area is 163 Å². The molecule has 2 aromatic carbocycles. The van der Waals surface area contributed by atoms with Crippen LogP contribution in [0.2, 0.25) is 5.02 Å². The van der Waals surface area contributed by atoms with Gasteiger partial charge in [-0.25, -0.2) is 5.01 Å². The number of hydrogen-bond donors (Lipinski definition) is 1. The molecule has 0 spiro atoms. The highest BCUT2D eigenvalue weighted by Gasteiger charge is 2.34. The molecule has 2 aromatic rings. The second-order valence-electron chi connectivity index (χ2n) is 5.28. The molecule has 0 aliphatic carbocycles. The van der Waals surface area contributed by atoms with Crippen molar-refractivity contribution in [1.82, 2.24) is 5.43 Å². The first-order valence-corrected chi connectivity index (χ1v) is 8.66. The third-order valence-corrected chi connectivity index (χ3v) is 4.41. The van der Waals surface area contributed by atoms with Crippen LogP contribution in [0.5, 0.6) is 5.75 Å². The number of amides is 2. The van der Waals surface area contributed by atoms with Gasteiger partial charge < -0.3 is 4.74 Å². The molecule has 0 unspecified atom stereocenters. The smallest absolute Gasteiger partial charge is 0.282 e. The second-order valence-corrected chi connectivity index (χ2v) is 6.54. The predicted molar refractivity (Wildman–Crippen MR) is 104 cm³/mol. The van der Waals surface area contributed by atoms with Gasteiger partial charge in [-0.1, -0.05) is 35.7 Å². The third-order valence-electron chi connectivity index (χ3n) is 3.54. The molecule has 1 heterocycles. The summed E-state index contributed by atoms with van der Waals surface area (Å²) in [6.07, 6.45) is 6.65. The van der Waals surface area contributed by atoms with Crippen molar-refractivity contribution in [1.29, 1.82) is 0 Å². The lowest BCUT2D eigenvalue weighted by Crippen LogP contribution is -2.35. The van der Waals surface area contributed by atoms with Gasteiger partial charge in [0.15, 0.2) is 5.75 Å². The number of carbonyl (C=O) groups excluding carboxylic acids is 2. The van der Waals surface area contributed by atoms with Crippen molar-refractivity contribution in [3.05, 3.63) is 63.1 Å². The fraction of sp³-hybridized carbons (Fsp3) is 0.0526. The summed E-state index contributed by atoms with van der Waals surface area (Å²) in [5, 5.41) is 1.52. The Hall–Kier alpha value is -2.75. The molecule has 130 valence electrons. The fourth-order valence-corrected chi connectivity index (χ4v) is 3.39. The molecule has 2 amide bonds. The Morgan fingerprint density at radius 1 is 1.27 bits per heavy atom. The number of rotatable bonds is 4. The van der Waals surface area contributed by atoms with E-state index in [-0.39, 0.29) is 12.2 Å². The first-order chi connectivity index (χ1) is 12.5. The molecule has 0 aromatic heterocycles. The number of benzene rings is 2. The maximum atomic E-state index is 12.6. The number of nitrogens with one attached hydrogen (secondary N) is 1. The normalized spacial score (nSPS) is 15.1. The summed E-state index contributed by atoms with van der Waals surface area (Å²) in [7, 11) is 0. The largest absolute Gasteiger partial charge is 0.478 e. The summed E-state index contributed by atoms with van der Waals surface area (Å²) in [5.41, 5.74) is 3.70. The number of para-hydroxylation sites is 1. The number of terminal acetylenes is 1. The standard InChI is InChI=1S/C19H12BrClN2O3/c1-2-8-26-17-15(20)10-12(11-16(17)21)9-14-18(24)22-23(19(14)25)13-6-4-3-5-7-13/h1,3-7,9-11H,8H2,(H,22,24). The summed E-state index contributed by atoms with van der Waals surface area (Å²) in [5.74, 6) is 1.83. The summed E-state index contributed by atoms with van der Waals surface area (Å²) >= 11 is 9.56. The molecule has 26 heavy (non-hydrogen) atoms. The quantitative estimate of drug-likeness (QED) is 0.457. The topological polar surface area (TPSA) is 58.6 Å². The van der Waals surface area contributed by atoms with Crippen molar-refractivity contribution in [3.63, 3.8) is 0 Å². The van der Waals surface area contributed by atoms with Crippen LogP contribution in [0.15, 0.2) is 52.5 Å². The Morgan fingerprint density at radius 2 is 2.00 bits per heavy atom. The number of hydrogen-bond acceptors (Lipinski definition) is 3. The van der Waals surface area contributed by atoms with Crippen LogP contribution in [0, 0.1) is 12.3 Å². The highest BCUT2D eigenvalue weighted by Crippen LogP contribution is 2.35. The van der Waals surface area contributed by atoms with E-state index in [1.54, 1.807) is 36.4 Å². The zero-order chi connectivity index (χ0) is 18.7. The molecule has 0 atom stereocenters. The summed E-state index contributed by atoms with van der Waals surface area (Å²) in [6, 6.07) is 12.1. The van der Waals surface area contributed by atoms with E-state index < -0.39 is 11.8 Å². The summed E-state index contributed by atoms with van der Waals surface area (Å²) in [4.78, 5) is 24.8. The molecule has 3 rings (SSSR count). The van der Waals surface area contributed by atoms with Gasteiger partial charge in [-0.2, -0.15) is 0 Å². The average molecular weight is 432 g/mol. The van der Waals surface area contributed by atoms with Gasteiger partial charge in [0.05, 0.1) is 15.2 Å². The van der Waals surface area contributed by atoms with Crippen LogP contribution in [-0.4, -0.2) is 18.4 Å². The zero-order valence-corrected chi connectivity index (χ0v) is 15.7. The van der Waals surface area contributed by atoms with Crippen molar-refractivity contribution in [2.45, 2.75) is 0 Å². The van der Waals surface area contributed by atoms with Gasteiger partial charge in [-0.3, -0.25) is 15.0 Å². The van der Waals surface area contributed by atoms with Crippen molar-refractivity contribution in [2.75, 3.05) is 11.6 Å². The van der Waals surface area contributed by atoms with Crippen molar-refractivity contribution >= 4 is 51.1 Å². The van der Waals surface area contributed by atoms with E-state index in [4.69, 9.17) is 22.8 Å².